The van der Waals surface area contributed by atoms with E-state index in [1.807, 2.05) is 0 Å². The number of thiophene rings is 1. The fourth-order valence-corrected chi connectivity index (χ4v) is 4.43. The Balaban J connectivity index is 2.10. The second-order valence-corrected chi connectivity index (χ2v) is 7.65. The van der Waals surface area contributed by atoms with Gasteiger partial charge >= 0.3 is 11.0 Å². The number of rotatable bonds is 5. The van der Waals surface area contributed by atoms with Gasteiger partial charge in [-0.3, -0.25) is 19.7 Å². The normalized spacial score (nSPS) is 11.7. The molecular formula is C16H12ClN3O5S2. The van der Waals surface area contributed by atoms with Gasteiger partial charge in [0.25, 0.3) is 5.91 Å². The number of nitro groups is 1. The molecule has 0 unspecified atom stereocenters. The van der Waals surface area contributed by atoms with Crippen LogP contribution in [0.15, 0.2) is 35.3 Å². The lowest BCUT2D eigenvalue weighted by atomic mass is 10.3. The lowest BCUT2D eigenvalue weighted by molar-refractivity contribution is -0.380. The molecular weight excluding hydrogens is 414 g/mol. The zero-order chi connectivity index (χ0) is 19.6. The second kappa shape index (κ2) is 7.99. The number of para-hydroxylation sites is 1. The van der Waals surface area contributed by atoms with Crippen molar-refractivity contribution in [2.24, 2.45) is 4.99 Å². The van der Waals surface area contributed by atoms with E-state index in [0.29, 0.717) is 10.5 Å². The van der Waals surface area contributed by atoms with Crippen molar-refractivity contribution in [1.82, 2.24) is 4.57 Å². The van der Waals surface area contributed by atoms with Gasteiger partial charge in [0.1, 0.15) is 11.4 Å². The lowest BCUT2D eigenvalue weighted by Gasteiger charge is -2.06. The van der Waals surface area contributed by atoms with Gasteiger partial charge in [-0.15, -0.1) is 0 Å². The first kappa shape index (κ1) is 19.2. The summed E-state index contributed by atoms with van der Waals surface area (Å²) in [6, 6.07) is 7.83. The summed E-state index contributed by atoms with van der Waals surface area (Å²) >= 11 is 8.19. The first-order valence-electron chi connectivity index (χ1n) is 7.67. The number of carbonyl (C=O) groups is 2. The van der Waals surface area contributed by atoms with E-state index in [1.165, 1.54) is 28.0 Å². The summed E-state index contributed by atoms with van der Waals surface area (Å²) in [6.07, 6.45) is 0. The molecule has 27 heavy (non-hydrogen) atoms. The Morgan fingerprint density at radius 3 is 2.74 bits per heavy atom. The maximum atomic E-state index is 12.4. The maximum Gasteiger partial charge on any atom is 0.326 e. The molecule has 0 N–H and O–H groups in total. The Labute approximate surface area is 165 Å². The predicted molar refractivity (Wildman–Crippen MR) is 102 cm³/mol. The molecule has 0 saturated carbocycles. The van der Waals surface area contributed by atoms with Gasteiger partial charge in [0, 0.05) is 6.07 Å². The van der Waals surface area contributed by atoms with Crippen LogP contribution in [0.25, 0.3) is 10.2 Å². The van der Waals surface area contributed by atoms with Crippen LogP contribution in [0.4, 0.5) is 5.00 Å². The van der Waals surface area contributed by atoms with E-state index in [1.54, 1.807) is 25.1 Å². The third-order valence-electron chi connectivity index (χ3n) is 3.42. The van der Waals surface area contributed by atoms with Gasteiger partial charge in [-0.2, -0.15) is 4.99 Å². The number of hydrogen-bond donors (Lipinski definition) is 0. The molecule has 0 radical (unpaired) electrons. The Kier molecular flexibility index (Phi) is 5.68. The van der Waals surface area contributed by atoms with Crippen molar-refractivity contribution in [3.05, 3.63) is 55.1 Å². The van der Waals surface area contributed by atoms with Crippen LogP contribution < -0.4 is 4.80 Å². The highest BCUT2D eigenvalue weighted by molar-refractivity contribution is 7.17. The lowest BCUT2D eigenvalue weighted by Crippen LogP contribution is -2.23. The Morgan fingerprint density at radius 2 is 2.07 bits per heavy atom. The average Bonchev–Trinajstić information content (AvgIpc) is 3.22. The highest BCUT2D eigenvalue weighted by Gasteiger charge is 2.17. The van der Waals surface area contributed by atoms with Crippen LogP contribution in [0, 0.1) is 10.1 Å². The molecule has 3 rings (SSSR count). The standard InChI is InChI=1S/C16H12ClN3O5S2/c1-2-25-13(21)8-19-14-9(17)4-3-5-10(14)27-16(19)18-15(22)11-6-7-12(26-11)20(23)24/h3-7H,2,8H2,1H3. The molecule has 8 nitrogen and oxygen atoms in total. The van der Waals surface area contributed by atoms with Crippen molar-refractivity contribution in [2.45, 2.75) is 13.5 Å². The number of benzene rings is 1. The second-order valence-electron chi connectivity index (χ2n) is 5.17. The molecule has 0 bridgehead atoms. The van der Waals surface area contributed by atoms with Gasteiger partial charge in [-0.1, -0.05) is 40.3 Å². The molecule has 11 heteroatoms. The van der Waals surface area contributed by atoms with Crippen LogP contribution in [0.3, 0.4) is 0 Å². The summed E-state index contributed by atoms with van der Waals surface area (Å²) in [7, 11) is 0. The monoisotopic (exact) mass is 425 g/mol. The van der Waals surface area contributed by atoms with E-state index in [4.69, 9.17) is 16.3 Å². The van der Waals surface area contributed by atoms with Crippen molar-refractivity contribution >= 4 is 61.4 Å². The van der Waals surface area contributed by atoms with E-state index < -0.39 is 16.8 Å². The highest BCUT2D eigenvalue weighted by atomic mass is 35.5. The molecule has 0 atom stereocenters. The number of halogens is 1. The summed E-state index contributed by atoms with van der Waals surface area (Å²) in [5.41, 5.74) is 0.570. The smallest absolute Gasteiger partial charge is 0.326 e. The zero-order valence-corrected chi connectivity index (χ0v) is 16.3. The minimum atomic E-state index is -0.631. The Morgan fingerprint density at radius 1 is 1.30 bits per heavy atom. The third kappa shape index (κ3) is 4.07. The summed E-state index contributed by atoms with van der Waals surface area (Å²) in [5.74, 6) is -1.12. The third-order valence-corrected chi connectivity index (χ3v) is 5.80. The minimum absolute atomic E-state index is 0.132. The van der Waals surface area contributed by atoms with E-state index in [2.05, 4.69) is 4.99 Å². The van der Waals surface area contributed by atoms with Crippen molar-refractivity contribution in [1.29, 1.82) is 0 Å². The molecule has 0 fully saturated rings. The van der Waals surface area contributed by atoms with Crippen LogP contribution in [-0.2, 0) is 16.1 Å². The SMILES string of the molecule is CCOC(=O)Cn1c(=NC(=O)c2ccc([N+](=O)[O-])s2)sc2cccc(Cl)c21. The quantitative estimate of drug-likeness (QED) is 0.352. The summed E-state index contributed by atoms with van der Waals surface area (Å²) in [4.78, 5) is 39.1. The molecule has 2 aromatic heterocycles. The minimum Gasteiger partial charge on any atom is -0.465 e. The summed E-state index contributed by atoms with van der Waals surface area (Å²) < 4.78 is 7.24. The molecule has 0 aliphatic heterocycles. The van der Waals surface area contributed by atoms with Crippen LogP contribution >= 0.6 is 34.3 Å². The molecule has 0 aliphatic carbocycles. The van der Waals surface area contributed by atoms with Gasteiger partial charge in [0.2, 0.25) is 0 Å². The van der Waals surface area contributed by atoms with E-state index in [0.717, 1.165) is 16.0 Å². The van der Waals surface area contributed by atoms with Crippen LogP contribution in [0.1, 0.15) is 16.6 Å². The maximum absolute atomic E-state index is 12.4. The van der Waals surface area contributed by atoms with Gasteiger partial charge in [-0.05, 0) is 25.1 Å². The number of fused-ring (bicyclic) bond motifs is 1. The number of hydrogen-bond acceptors (Lipinski definition) is 7. The fraction of sp³-hybridized carbons (Fsp3) is 0.188. The largest absolute Gasteiger partial charge is 0.465 e. The van der Waals surface area contributed by atoms with Crippen LogP contribution in [0.2, 0.25) is 5.02 Å². The van der Waals surface area contributed by atoms with Crippen molar-refractivity contribution in [3.63, 3.8) is 0 Å². The predicted octanol–water partition coefficient (Wildman–Crippen LogP) is 3.63. The fourth-order valence-electron chi connectivity index (χ4n) is 2.34. The number of esters is 1. The number of amides is 1. The average molecular weight is 426 g/mol. The van der Waals surface area contributed by atoms with Gasteiger partial charge in [0.15, 0.2) is 4.80 Å². The molecule has 140 valence electrons. The van der Waals surface area contributed by atoms with Crippen molar-refractivity contribution in [3.8, 4) is 0 Å². The summed E-state index contributed by atoms with van der Waals surface area (Å²) in [5, 5.41) is 11.1. The number of nitrogens with zero attached hydrogens (tertiary/aromatic N) is 3. The first-order chi connectivity index (χ1) is 12.9. The first-order valence-corrected chi connectivity index (χ1v) is 9.68. The van der Waals surface area contributed by atoms with E-state index in [9.17, 15) is 19.7 Å². The van der Waals surface area contributed by atoms with Crippen LogP contribution in [0.5, 0.6) is 0 Å². The molecule has 3 aromatic rings. The van der Waals surface area contributed by atoms with E-state index >= 15 is 0 Å². The van der Waals surface area contributed by atoms with Gasteiger partial charge in [0.05, 0.1) is 26.8 Å². The van der Waals surface area contributed by atoms with Gasteiger partial charge in [-0.25, -0.2) is 0 Å². The molecule has 0 spiro atoms. The Bertz CT molecular complexity index is 1110. The number of aromatic nitrogens is 1. The van der Waals surface area contributed by atoms with E-state index in [-0.39, 0.29) is 27.8 Å². The van der Waals surface area contributed by atoms with Crippen LogP contribution in [-0.4, -0.2) is 28.0 Å². The molecule has 0 saturated heterocycles. The summed E-state index contributed by atoms with van der Waals surface area (Å²) in [6.45, 7) is 1.76. The van der Waals surface area contributed by atoms with Crippen molar-refractivity contribution in [2.75, 3.05) is 6.61 Å². The molecule has 0 aliphatic rings. The molecule has 2 heterocycles. The number of carbonyl (C=O) groups excluding carboxylic acids is 2. The number of thiazole rings is 1. The van der Waals surface area contributed by atoms with Gasteiger partial charge < -0.3 is 9.30 Å². The Hall–Kier alpha value is -2.56. The number of ether oxygens (including phenoxy) is 1. The molecule has 1 aromatic carbocycles. The van der Waals surface area contributed by atoms with Crippen molar-refractivity contribution < 1.29 is 19.2 Å². The molecule has 1 amide bonds. The zero-order valence-electron chi connectivity index (χ0n) is 13.9. The topological polar surface area (TPSA) is 104 Å². The highest BCUT2D eigenvalue weighted by Crippen LogP contribution is 2.26.